The van der Waals surface area contributed by atoms with E-state index < -0.39 is 0 Å². The van der Waals surface area contributed by atoms with E-state index in [-0.39, 0.29) is 5.75 Å². The topological polar surface area (TPSA) is 44.7 Å². The summed E-state index contributed by atoms with van der Waals surface area (Å²) in [5.74, 6) is 0.725. The Kier molecular flexibility index (Phi) is 3.31. The molecule has 1 aromatic carbocycles. The molecule has 0 bridgehead atoms. The van der Waals surface area contributed by atoms with Gasteiger partial charge in [-0.1, -0.05) is 6.07 Å². The number of methoxy groups -OCH3 is 1. The van der Waals surface area contributed by atoms with Gasteiger partial charge in [-0.3, -0.25) is 0 Å². The van der Waals surface area contributed by atoms with Crippen molar-refractivity contribution in [3.63, 3.8) is 0 Å². The predicted molar refractivity (Wildman–Crippen MR) is 62.9 cm³/mol. The van der Waals surface area contributed by atoms with E-state index in [0.717, 1.165) is 25.2 Å². The number of nitrogens with zero attached hydrogens (tertiary/aromatic N) is 1. The van der Waals surface area contributed by atoms with Crippen LogP contribution in [0.25, 0.3) is 0 Å². The first-order valence-electron chi connectivity index (χ1n) is 5.49. The van der Waals surface area contributed by atoms with Crippen LogP contribution in [-0.4, -0.2) is 43.8 Å². The molecule has 2 rings (SSSR count). The molecule has 1 unspecified atom stereocenters. The summed E-state index contributed by atoms with van der Waals surface area (Å²) >= 11 is 0. The number of nitrogens with one attached hydrogen (secondary N) is 1. The molecular weight excluding hydrogens is 204 g/mol. The fraction of sp³-hybridized carbons (Fsp3) is 0.500. The van der Waals surface area contributed by atoms with Crippen LogP contribution in [0, 0.1) is 0 Å². The van der Waals surface area contributed by atoms with Crippen LogP contribution >= 0.6 is 0 Å². The van der Waals surface area contributed by atoms with E-state index in [1.54, 1.807) is 13.2 Å². The maximum Gasteiger partial charge on any atom is 0.160 e. The van der Waals surface area contributed by atoms with E-state index in [1.807, 2.05) is 12.1 Å². The first-order valence-corrected chi connectivity index (χ1v) is 5.49. The molecular formula is C12H18N2O2. The smallest absolute Gasteiger partial charge is 0.160 e. The number of aromatic hydroxyl groups is 1. The maximum absolute atomic E-state index is 9.53. The number of benzene rings is 1. The third-order valence-corrected chi connectivity index (χ3v) is 2.98. The van der Waals surface area contributed by atoms with Gasteiger partial charge in [-0.2, -0.15) is 0 Å². The summed E-state index contributed by atoms with van der Waals surface area (Å²) in [4.78, 5) is 2.29. The molecule has 1 aliphatic rings. The van der Waals surface area contributed by atoms with Crippen LogP contribution in [0.3, 0.4) is 0 Å². The van der Waals surface area contributed by atoms with Gasteiger partial charge in [0.15, 0.2) is 11.5 Å². The molecule has 16 heavy (non-hydrogen) atoms. The SMILES string of the molecule is COc1cc(C2CN(C)CCN2)ccc1O. The van der Waals surface area contributed by atoms with Gasteiger partial charge in [0.05, 0.1) is 7.11 Å². The molecule has 0 aromatic heterocycles. The number of phenolic OH excluding ortho intramolecular Hbond substituents is 1. The normalized spacial score (nSPS) is 22.0. The monoisotopic (exact) mass is 222 g/mol. The Balaban J connectivity index is 2.19. The van der Waals surface area contributed by atoms with Gasteiger partial charge < -0.3 is 20.1 Å². The third kappa shape index (κ3) is 2.28. The summed E-state index contributed by atoms with van der Waals surface area (Å²) < 4.78 is 5.11. The number of hydrogen-bond acceptors (Lipinski definition) is 4. The molecule has 4 nitrogen and oxygen atoms in total. The molecule has 4 heteroatoms. The van der Waals surface area contributed by atoms with Crippen molar-refractivity contribution < 1.29 is 9.84 Å². The molecule has 1 saturated heterocycles. The Labute approximate surface area is 95.8 Å². The second-order valence-electron chi connectivity index (χ2n) is 4.20. The lowest BCUT2D eigenvalue weighted by Gasteiger charge is -2.31. The summed E-state index contributed by atoms with van der Waals surface area (Å²) in [7, 11) is 3.69. The Morgan fingerprint density at radius 3 is 3.00 bits per heavy atom. The summed E-state index contributed by atoms with van der Waals surface area (Å²) in [6, 6.07) is 5.83. The fourth-order valence-electron chi connectivity index (χ4n) is 2.03. The number of piperazine rings is 1. The zero-order chi connectivity index (χ0) is 11.5. The molecule has 1 fully saturated rings. The quantitative estimate of drug-likeness (QED) is 0.783. The van der Waals surface area contributed by atoms with Crippen molar-refractivity contribution in [2.45, 2.75) is 6.04 Å². The van der Waals surface area contributed by atoms with Crippen molar-refractivity contribution in [1.82, 2.24) is 10.2 Å². The maximum atomic E-state index is 9.53. The van der Waals surface area contributed by atoms with E-state index in [9.17, 15) is 5.11 Å². The van der Waals surface area contributed by atoms with Gasteiger partial charge in [0.2, 0.25) is 0 Å². The fourth-order valence-corrected chi connectivity index (χ4v) is 2.03. The molecule has 1 aliphatic heterocycles. The second-order valence-corrected chi connectivity index (χ2v) is 4.20. The average Bonchev–Trinajstić information content (AvgIpc) is 2.29. The lowest BCUT2D eigenvalue weighted by Crippen LogP contribution is -2.43. The summed E-state index contributed by atoms with van der Waals surface area (Å²) in [6.07, 6.45) is 0. The highest BCUT2D eigenvalue weighted by molar-refractivity contribution is 5.42. The molecule has 0 radical (unpaired) electrons. The van der Waals surface area contributed by atoms with Crippen molar-refractivity contribution in [3.8, 4) is 11.5 Å². The van der Waals surface area contributed by atoms with E-state index in [4.69, 9.17) is 4.74 Å². The number of phenols is 1. The van der Waals surface area contributed by atoms with Gasteiger partial charge in [0, 0.05) is 25.7 Å². The zero-order valence-corrected chi connectivity index (χ0v) is 9.73. The summed E-state index contributed by atoms with van der Waals surface area (Å²) in [6.45, 7) is 3.05. The minimum atomic E-state index is 0.190. The standard InChI is InChI=1S/C12H18N2O2/c1-14-6-5-13-10(8-14)9-3-4-11(15)12(7-9)16-2/h3-4,7,10,13,15H,5-6,8H2,1-2H3. The lowest BCUT2D eigenvalue weighted by atomic mass is 10.0. The second kappa shape index (κ2) is 4.72. The number of ether oxygens (including phenoxy) is 1. The largest absolute Gasteiger partial charge is 0.504 e. The lowest BCUT2D eigenvalue weighted by molar-refractivity contribution is 0.240. The van der Waals surface area contributed by atoms with Crippen molar-refractivity contribution in [1.29, 1.82) is 0 Å². The minimum Gasteiger partial charge on any atom is -0.504 e. The van der Waals surface area contributed by atoms with Gasteiger partial charge in [0.25, 0.3) is 0 Å². The molecule has 0 aliphatic carbocycles. The molecule has 2 N–H and O–H groups in total. The van der Waals surface area contributed by atoms with Gasteiger partial charge in [0.1, 0.15) is 0 Å². The number of likely N-dealkylation sites (N-methyl/N-ethyl adjacent to an activating group) is 1. The molecule has 1 aromatic rings. The minimum absolute atomic E-state index is 0.190. The van der Waals surface area contributed by atoms with Crippen LogP contribution in [0.4, 0.5) is 0 Å². The van der Waals surface area contributed by atoms with Crippen molar-refractivity contribution in [2.75, 3.05) is 33.8 Å². The Morgan fingerprint density at radius 2 is 2.31 bits per heavy atom. The van der Waals surface area contributed by atoms with Crippen molar-refractivity contribution in [3.05, 3.63) is 23.8 Å². The van der Waals surface area contributed by atoms with Crippen LogP contribution in [0.5, 0.6) is 11.5 Å². The molecule has 1 atom stereocenters. The molecule has 0 spiro atoms. The van der Waals surface area contributed by atoms with Gasteiger partial charge in [-0.15, -0.1) is 0 Å². The average molecular weight is 222 g/mol. The molecule has 88 valence electrons. The van der Waals surface area contributed by atoms with E-state index in [1.165, 1.54) is 0 Å². The van der Waals surface area contributed by atoms with Crippen LogP contribution in [0.2, 0.25) is 0 Å². The summed E-state index contributed by atoms with van der Waals surface area (Å²) in [5, 5.41) is 13.0. The number of rotatable bonds is 2. The van der Waals surface area contributed by atoms with Gasteiger partial charge in [-0.25, -0.2) is 0 Å². The predicted octanol–water partition coefficient (Wildman–Crippen LogP) is 0.977. The Bertz CT molecular complexity index is 368. The Morgan fingerprint density at radius 1 is 1.50 bits per heavy atom. The number of hydrogen-bond donors (Lipinski definition) is 2. The first-order chi connectivity index (χ1) is 7.70. The van der Waals surface area contributed by atoms with E-state index >= 15 is 0 Å². The highest BCUT2D eigenvalue weighted by Crippen LogP contribution is 2.29. The van der Waals surface area contributed by atoms with E-state index in [2.05, 4.69) is 17.3 Å². The highest BCUT2D eigenvalue weighted by Gasteiger charge is 2.19. The van der Waals surface area contributed by atoms with Gasteiger partial charge in [-0.05, 0) is 24.7 Å². The molecule has 0 saturated carbocycles. The van der Waals surface area contributed by atoms with Crippen LogP contribution < -0.4 is 10.1 Å². The first kappa shape index (κ1) is 11.2. The molecule has 0 amide bonds. The Hall–Kier alpha value is -1.26. The van der Waals surface area contributed by atoms with Crippen molar-refractivity contribution >= 4 is 0 Å². The van der Waals surface area contributed by atoms with Crippen LogP contribution in [0.1, 0.15) is 11.6 Å². The summed E-state index contributed by atoms with van der Waals surface area (Å²) in [5.41, 5.74) is 1.15. The molecule has 1 heterocycles. The van der Waals surface area contributed by atoms with E-state index in [0.29, 0.717) is 11.8 Å². The van der Waals surface area contributed by atoms with Crippen LogP contribution in [0.15, 0.2) is 18.2 Å². The van der Waals surface area contributed by atoms with Crippen molar-refractivity contribution in [2.24, 2.45) is 0 Å². The zero-order valence-electron chi connectivity index (χ0n) is 9.73. The van der Waals surface area contributed by atoms with Crippen LogP contribution in [-0.2, 0) is 0 Å². The third-order valence-electron chi connectivity index (χ3n) is 2.98. The van der Waals surface area contributed by atoms with Gasteiger partial charge >= 0.3 is 0 Å². The highest BCUT2D eigenvalue weighted by atomic mass is 16.5.